The Bertz CT molecular complexity index is 1110. The van der Waals surface area contributed by atoms with E-state index in [1.807, 2.05) is 19.1 Å². The van der Waals surface area contributed by atoms with E-state index in [0.717, 1.165) is 5.75 Å². The van der Waals surface area contributed by atoms with Gasteiger partial charge in [0.15, 0.2) is 0 Å². The van der Waals surface area contributed by atoms with E-state index < -0.39 is 10.0 Å². The Kier molecular flexibility index (Phi) is 6.94. The summed E-state index contributed by atoms with van der Waals surface area (Å²) >= 11 is 0. The molecule has 0 aliphatic rings. The molecule has 0 saturated heterocycles. The highest BCUT2D eigenvalue weighted by atomic mass is 32.2. The van der Waals surface area contributed by atoms with Crippen molar-refractivity contribution in [2.24, 2.45) is 0 Å². The monoisotopic (exact) mass is 422 g/mol. The molecule has 3 rings (SSSR count). The van der Waals surface area contributed by atoms with Crippen molar-refractivity contribution >= 4 is 15.7 Å². The van der Waals surface area contributed by atoms with Gasteiger partial charge in [0.1, 0.15) is 18.1 Å². The Morgan fingerprint density at radius 2 is 1.57 bits per heavy atom. The molecule has 0 atom stereocenters. The number of rotatable bonds is 9. The van der Waals surface area contributed by atoms with Gasteiger partial charge in [0.05, 0.1) is 35.4 Å². The van der Waals surface area contributed by atoms with Gasteiger partial charge in [-0.3, -0.25) is 4.31 Å². The largest absolute Gasteiger partial charge is 0.494 e. The Morgan fingerprint density at radius 3 is 2.20 bits per heavy atom. The molecule has 0 aliphatic carbocycles. The summed E-state index contributed by atoms with van der Waals surface area (Å²) in [6, 6.07) is 24.0. The van der Waals surface area contributed by atoms with Crippen LogP contribution in [0.4, 0.5) is 5.69 Å². The Labute approximate surface area is 177 Å². The molecule has 0 heterocycles. The Balaban J connectivity index is 1.80. The molecule has 0 bridgehead atoms. The molecule has 0 unspecified atom stereocenters. The van der Waals surface area contributed by atoms with Gasteiger partial charge in [-0.25, -0.2) is 8.42 Å². The molecule has 0 N–H and O–H groups in total. The first-order chi connectivity index (χ1) is 14.5. The molecule has 0 fully saturated rings. The SMILES string of the molecule is CCOc1ccc(OCCN(c2ccccc2)S(=O)(=O)c2cccc(C#N)c2)cc1. The van der Waals surface area contributed by atoms with E-state index in [4.69, 9.17) is 14.7 Å². The summed E-state index contributed by atoms with van der Waals surface area (Å²) in [5, 5.41) is 9.12. The second-order valence-electron chi connectivity index (χ2n) is 6.31. The number of benzene rings is 3. The molecule has 30 heavy (non-hydrogen) atoms. The lowest BCUT2D eigenvalue weighted by molar-refractivity contribution is 0.323. The first kappa shape index (κ1) is 21.2. The molecule has 0 aromatic heterocycles. The lowest BCUT2D eigenvalue weighted by atomic mass is 10.2. The average Bonchev–Trinajstić information content (AvgIpc) is 2.78. The maximum atomic E-state index is 13.3. The van der Waals surface area contributed by atoms with Gasteiger partial charge < -0.3 is 9.47 Å². The molecule has 3 aromatic carbocycles. The highest BCUT2D eigenvalue weighted by Gasteiger charge is 2.25. The molecular formula is C23H22N2O4S. The van der Waals surface area contributed by atoms with Crippen molar-refractivity contribution in [1.82, 2.24) is 0 Å². The summed E-state index contributed by atoms with van der Waals surface area (Å²) in [7, 11) is -3.87. The van der Waals surface area contributed by atoms with Crippen molar-refractivity contribution in [2.75, 3.05) is 24.1 Å². The zero-order valence-corrected chi connectivity index (χ0v) is 17.4. The van der Waals surface area contributed by atoms with E-state index in [1.54, 1.807) is 60.7 Å². The summed E-state index contributed by atoms with van der Waals surface area (Å²) in [5.41, 5.74) is 0.810. The quantitative estimate of drug-likeness (QED) is 0.516. The Morgan fingerprint density at radius 1 is 0.900 bits per heavy atom. The summed E-state index contributed by atoms with van der Waals surface area (Å²) in [6.07, 6.45) is 0. The second kappa shape index (κ2) is 9.81. The van der Waals surface area contributed by atoms with E-state index in [9.17, 15) is 8.42 Å². The summed E-state index contributed by atoms with van der Waals surface area (Å²) in [6.45, 7) is 2.75. The van der Waals surface area contributed by atoms with Gasteiger partial charge in [-0.2, -0.15) is 5.26 Å². The molecule has 0 aliphatic heterocycles. The van der Waals surface area contributed by atoms with Gasteiger partial charge in [-0.15, -0.1) is 0 Å². The van der Waals surface area contributed by atoms with E-state index >= 15 is 0 Å². The molecule has 0 amide bonds. The van der Waals surface area contributed by atoms with Crippen LogP contribution in [0.2, 0.25) is 0 Å². The number of sulfonamides is 1. The van der Waals surface area contributed by atoms with Crippen LogP contribution >= 0.6 is 0 Å². The van der Waals surface area contributed by atoms with Crippen molar-refractivity contribution in [2.45, 2.75) is 11.8 Å². The van der Waals surface area contributed by atoms with Gasteiger partial charge in [-0.05, 0) is 61.5 Å². The number of anilines is 1. The first-order valence-corrected chi connectivity index (χ1v) is 10.9. The fourth-order valence-corrected chi connectivity index (χ4v) is 4.38. The van der Waals surface area contributed by atoms with Gasteiger partial charge >= 0.3 is 0 Å². The number of nitrogens with zero attached hydrogens (tertiary/aromatic N) is 2. The highest BCUT2D eigenvalue weighted by molar-refractivity contribution is 7.92. The summed E-state index contributed by atoms with van der Waals surface area (Å²) in [5.74, 6) is 1.37. The van der Waals surface area contributed by atoms with Crippen LogP contribution in [-0.4, -0.2) is 28.2 Å². The smallest absolute Gasteiger partial charge is 0.264 e. The van der Waals surface area contributed by atoms with E-state index in [-0.39, 0.29) is 23.6 Å². The van der Waals surface area contributed by atoms with Gasteiger partial charge in [0.2, 0.25) is 0 Å². The third-order valence-electron chi connectivity index (χ3n) is 4.29. The first-order valence-electron chi connectivity index (χ1n) is 9.48. The second-order valence-corrected chi connectivity index (χ2v) is 8.17. The Hall–Kier alpha value is -3.50. The molecule has 154 valence electrons. The number of ether oxygens (including phenoxy) is 2. The van der Waals surface area contributed by atoms with Crippen molar-refractivity contribution in [3.05, 3.63) is 84.4 Å². The molecule has 0 saturated carbocycles. The number of nitriles is 1. The molecule has 3 aromatic rings. The number of hydrogen-bond acceptors (Lipinski definition) is 5. The van der Waals surface area contributed by atoms with E-state index in [1.165, 1.54) is 16.4 Å². The third kappa shape index (κ3) is 5.10. The lowest BCUT2D eigenvalue weighted by Crippen LogP contribution is -2.34. The van der Waals surface area contributed by atoms with Gasteiger partial charge in [0, 0.05) is 0 Å². The molecule has 7 heteroatoms. The molecular weight excluding hydrogens is 400 g/mol. The van der Waals surface area contributed by atoms with Crippen LogP contribution in [0.15, 0.2) is 83.8 Å². The van der Waals surface area contributed by atoms with Crippen LogP contribution in [0.3, 0.4) is 0 Å². The average molecular weight is 423 g/mol. The van der Waals surface area contributed by atoms with Crippen LogP contribution in [0.1, 0.15) is 12.5 Å². The fraction of sp³-hybridized carbons (Fsp3) is 0.174. The molecule has 0 spiro atoms. The third-order valence-corrected chi connectivity index (χ3v) is 6.12. The molecule has 0 radical (unpaired) electrons. The van der Waals surface area contributed by atoms with Crippen molar-refractivity contribution < 1.29 is 17.9 Å². The van der Waals surface area contributed by atoms with Crippen LogP contribution in [0, 0.1) is 11.3 Å². The van der Waals surface area contributed by atoms with Crippen molar-refractivity contribution in [3.8, 4) is 17.6 Å². The zero-order chi connectivity index (χ0) is 21.4. The van der Waals surface area contributed by atoms with Crippen LogP contribution in [0.25, 0.3) is 0 Å². The summed E-state index contributed by atoms with van der Waals surface area (Å²) < 4.78 is 39.1. The standard InChI is InChI=1S/C23H22N2O4S/c1-2-28-21-11-13-22(14-12-21)29-16-15-25(20-8-4-3-5-9-20)30(26,27)23-10-6-7-19(17-23)18-24/h3-14,17H,2,15-16H2,1H3. The lowest BCUT2D eigenvalue weighted by Gasteiger charge is -2.24. The molecule has 6 nitrogen and oxygen atoms in total. The van der Waals surface area contributed by atoms with Gasteiger partial charge in [0.25, 0.3) is 10.0 Å². The predicted molar refractivity (Wildman–Crippen MR) is 115 cm³/mol. The number of para-hydroxylation sites is 1. The van der Waals surface area contributed by atoms with Crippen LogP contribution in [-0.2, 0) is 10.0 Å². The minimum Gasteiger partial charge on any atom is -0.494 e. The maximum Gasteiger partial charge on any atom is 0.264 e. The van der Waals surface area contributed by atoms with Crippen LogP contribution < -0.4 is 13.8 Å². The highest BCUT2D eigenvalue weighted by Crippen LogP contribution is 2.24. The number of hydrogen-bond donors (Lipinski definition) is 0. The minimum atomic E-state index is -3.87. The zero-order valence-electron chi connectivity index (χ0n) is 16.6. The van der Waals surface area contributed by atoms with Crippen LogP contribution in [0.5, 0.6) is 11.5 Å². The predicted octanol–water partition coefficient (Wildman–Crippen LogP) is 4.23. The van der Waals surface area contributed by atoms with Crippen molar-refractivity contribution in [3.63, 3.8) is 0 Å². The van der Waals surface area contributed by atoms with Crippen molar-refractivity contribution in [1.29, 1.82) is 5.26 Å². The van der Waals surface area contributed by atoms with Gasteiger partial charge in [-0.1, -0.05) is 24.3 Å². The summed E-state index contributed by atoms with van der Waals surface area (Å²) in [4.78, 5) is 0.0615. The minimum absolute atomic E-state index is 0.0615. The maximum absolute atomic E-state index is 13.3. The fourth-order valence-electron chi connectivity index (χ4n) is 2.88. The topological polar surface area (TPSA) is 79.6 Å². The van der Waals surface area contributed by atoms with E-state index in [0.29, 0.717) is 18.0 Å². The van der Waals surface area contributed by atoms with E-state index in [2.05, 4.69) is 0 Å². The normalized spacial score (nSPS) is 10.8.